The van der Waals surface area contributed by atoms with Gasteiger partial charge in [-0.05, 0) is 37.9 Å². The van der Waals surface area contributed by atoms with E-state index in [0.29, 0.717) is 5.91 Å². The van der Waals surface area contributed by atoms with E-state index in [0.717, 1.165) is 57.8 Å². The van der Waals surface area contributed by atoms with Crippen LogP contribution in [0.2, 0.25) is 0 Å². The molecule has 3 heterocycles. The first-order valence-electron chi connectivity index (χ1n) is 7.89. The summed E-state index contributed by atoms with van der Waals surface area (Å²) in [5.74, 6) is 0.314. The fraction of sp³-hybridized carbons (Fsp3) is 0.625. The van der Waals surface area contributed by atoms with Gasteiger partial charge < -0.3 is 10.2 Å². The number of nitrogens with zero attached hydrogens (tertiary/aromatic N) is 3. The summed E-state index contributed by atoms with van der Waals surface area (Å²) in [6, 6.07) is 4.22. The van der Waals surface area contributed by atoms with E-state index in [1.807, 2.05) is 24.1 Å². The second kappa shape index (κ2) is 6.54. The van der Waals surface area contributed by atoms with E-state index in [4.69, 9.17) is 0 Å². The third-order valence-corrected chi connectivity index (χ3v) is 4.44. The molecule has 0 aliphatic carbocycles. The molecule has 2 saturated heterocycles. The third kappa shape index (κ3) is 3.41. The van der Waals surface area contributed by atoms with Gasteiger partial charge in [0, 0.05) is 44.6 Å². The molecule has 21 heavy (non-hydrogen) atoms. The normalized spacial score (nSPS) is 23.5. The van der Waals surface area contributed by atoms with Gasteiger partial charge in [0.25, 0.3) is 0 Å². The Labute approximate surface area is 126 Å². The fourth-order valence-electron chi connectivity index (χ4n) is 3.22. The van der Waals surface area contributed by atoms with Crippen LogP contribution < -0.4 is 5.32 Å². The zero-order valence-electron chi connectivity index (χ0n) is 12.7. The Morgan fingerprint density at radius 3 is 2.86 bits per heavy atom. The molecule has 0 saturated carbocycles. The predicted octanol–water partition coefficient (Wildman–Crippen LogP) is 0.786. The highest BCUT2D eigenvalue weighted by molar-refractivity contribution is 5.82. The molecule has 0 radical (unpaired) electrons. The monoisotopic (exact) mass is 288 g/mol. The maximum atomic E-state index is 12.7. The summed E-state index contributed by atoms with van der Waals surface area (Å²) >= 11 is 0. The number of carbonyl (C=O) groups excluding carboxylic acids is 1. The number of aromatic nitrogens is 1. The Hall–Kier alpha value is -1.46. The van der Waals surface area contributed by atoms with Crippen LogP contribution in [0.1, 0.15) is 24.1 Å². The molecule has 0 bridgehead atoms. The minimum Gasteiger partial charge on any atom is -0.339 e. The Morgan fingerprint density at radius 2 is 2.14 bits per heavy atom. The molecule has 5 heteroatoms. The summed E-state index contributed by atoms with van der Waals surface area (Å²) in [5.41, 5.74) is 2.23. The number of hydrogen-bond acceptors (Lipinski definition) is 4. The van der Waals surface area contributed by atoms with Gasteiger partial charge in [0.2, 0.25) is 5.91 Å². The molecule has 1 N–H and O–H groups in total. The summed E-state index contributed by atoms with van der Waals surface area (Å²) in [6.07, 6.45) is 4.03. The molecule has 2 aliphatic rings. The number of carbonyl (C=O) groups is 1. The van der Waals surface area contributed by atoms with Crippen molar-refractivity contribution in [1.82, 2.24) is 20.1 Å². The average molecular weight is 288 g/mol. The van der Waals surface area contributed by atoms with Gasteiger partial charge in [-0.1, -0.05) is 6.07 Å². The first-order valence-corrected chi connectivity index (χ1v) is 7.89. The quantitative estimate of drug-likeness (QED) is 0.893. The smallest absolute Gasteiger partial charge is 0.240 e. The summed E-state index contributed by atoms with van der Waals surface area (Å²) in [5, 5.41) is 3.30. The Balaban J connectivity index is 1.64. The Bertz CT molecular complexity index is 482. The third-order valence-electron chi connectivity index (χ3n) is 4.44. The van der Waals surface area contributed by atoms with Crippen LogP contribution in [0.15, 0.2) is 18.3 Å². The molecule has 1 unspecified atom stereocenters. The molecule has 5 nitrogen and oxygen atoms in total. The lowest BCUT2D eigenvalue weighted by molar-refractivity contribution is -0.136. The van der Waals surface area contributed by atoms with Gasteiger partial charge >= 0.3 is 0 Å². The van der Waals surface area contributed by atoms with Crippen LogP contribution in [0.3, 0.4) is 0 Å². The number of likely N-dealkylation sites (tertiary alicyclic amines) is 1. The fourth-order valence-corrected chi connectivity index (χ4v) is 3.22. The average Bonchev–Trinajstić information content (AvgIpc) is 2.98. The van der Waals surface area contributed by atoms with Crippen molar-refractivity contribution in [3.8, 4) is 0 Å². The molecule has 0 aromatic carbocycles. The van der Waals surface area contributed by atoms with Crippen LogP contribution in [-0.2, 0) is 11.3 Å². The van der Waals surface area contributed by atoms with Crippen LogP contribution in [-0.4, -0.2) is 59.5 Å². The molecule has 114 valence electrons. The van der Waals surface area contributed by atoms with Crippen molar-refractivity contribution in [3.05, 3.63) is 29.6 Å². The maximum Gasteiger partial charge on any atom is 0.240 e. The second-order valence-electron chi connectivity index (χ2n) is 6.01. The first-order chi connectivity index (χ1) is 10.2. The van der Waals surface area contributed by atoms with E-state index >= 15 is 0 Å². The largest absolute Gasteiger partial charge is 0.339 e. The van der Waals surface area contributed by atoms with Crippen molar-refractivity contribution in [1.29, 1.82) is 0 Å². The molecule has 1 aromatic heterocycles. The van der Waals surface area contributed by atoms with Gasteiger partial charge in [-0.2, -0.15) is 0 Å². The van der Waals surface area contributed by atoms with E-state index in [1.165, 1.54) is 5.56 Å². The van der Waals surface area contributed by atoms with Gasteiger partial charge in [0.05, 0.1) is 6.04 Å². The SMILES string of the molecule is Cc1ccc(CN2CCCC2C(=O)N2CCNCC2)cn1. The first kappa shape index (κ1) is 14.5. The highest BCUT2D eigenvalue weighted by Gasteiger charge is 2.33. The minimum absolute atomic E-state index is 0.0596. The zero-order chi connectivity index (χ0) is 14.7. The van der Waals surface area contributed by atoms with Gasteiger partial charge in [0.15, 0.2) is 0 Å². The highest BCUT2D eigenvalue weighted by atomic mass is 16.2. The van der Waals surface area contributed by atoms with Crippen molar-refractivity contribution in [2.45, 2.75) is 32.4 Å². The summed E-state index contributed by atoms with van der Waals surface area (Å²) in [7, 11) is 0. The van der Waals surface area contributed by atoms with Crippen LogP contribution in [0.4, 0.5) is 0 Å². The molecule has 1 amide bonds. The number of pyridine rings is 1. The molecule has 1 atom stereocenters. The van der Waals surface area contributed by atoms with Crippen LogP contribution in [0.5, 0.6) is 0 Å². The number of piperazine rings is 1. The summed E-state index contributed by atoms with van der Waals surface area (Å²) in [6.45, 7) is 7.35. The number of nitrogens with one attached hydrogen (secondary N) is 1. The van der Waals surface area contributed by atoms with E-state index in [9.17, 15) is 4.79 Å². The summed E-state index contributed by atoms with van der Waals surface area (Å²) < 4.78 is 0. The van der Waals surface area contributed by atoms with E-state index < -0.39 is 0 Å². The Kier molecular flexibility index (Phi) is 4.51. The van der Waals surface area contributed by atoms with Crippen molar-refractivity contribution >= 4 is 5.91 Å². The van der Waals surface area contributed by atoms with E-state index in [1.54, 1.807) is 0 Å². The molecule has 1 aromatic rings. The molecule has 2 fully saturated rings. The maximum absolute atomic E-state index is 12.7. The van der Waals surface area contributed by atoms with Crippen LogP contribution >= 0.6 is 0 Å². The molecule has 2 aliphatic heterocycles. The molecular formula is C16H24N4O. The standard InChI is InChI=1S/C16H24N4O/c1-13-4-5-14(11-18-13)12-20-8-2-3-15(20)16(21)19-9-6-17-7-10-19/h4-5,11,15,17H,2-3,6-10,12H2,1H3. The number of amides is 1. The lowest BCUT2D eigenvalue weighted by Crippen LogP contribution is -2.52. The number of aryl methyl sites for hydroxylation is 1. The minimum atomic E-state index is 0.0596. The second-order valence-corrected chi connectivity index (χ2v) is 6.01. The van der Waals surface area contributed by atoms with Crippen molar-refractivity contribution in [3.63, 3.8) is 0 Å². The Morgan fingerprint density at radius 1 is 1.33 bits per heavy atom. The lowest BCUT2D eigenvalue weighted by Gasteiger charge is -2.33. The molecule has 0 spiro atoms. The van der Waals surface area contributed by atoms with Gasteiger partial charge in [0.1, 0.15) is 0 Å². The molecule has 3 rings (SSSR count). The lowest BCUT2D eigenvalue weighted by atomic mass is 10.1. The van der Waals surface area contributed by atoms with Crippen molar-refractivity contribution in [2.75, 3.05) is 32.7 Å². The predicted molar refractivity (Wildman–Crippen MR) is 81.9 cm³/mol. The van der Waals surface area contributed by atoms with Crippen LogP contribution in [0.25, 0.3) is 0 Å². The van der Waals surface area contributed by atoms with Gasteiger partial charge in [-0.15, -0.1) is 0 Å². The summed E-state index contributed by atoms with van der Waals surface area (Å²) in [4.78, 5) is 21.4. The zero-order valence-corrected chi connectivity index (χ0v) is 12.7. The topological polar surface area (TPSA) is 48.5 Å². The molecular weight excluding hydrogens is 264 g/mol. The number of rotatable bonds is 3. The van der Waals surface area contributed by atoms with Crippen molar-refractivity contribution in [2.24, 2.45) is 0 Å². The van der Waals surface area contributed by atoms with E-state index in [-0.39, 0.29) is 6.04 Å². The number of hydrogen-bond donors (Lipinski definition) is 1. The van der Waals surface area contributed by atoms with E-state index in [2.05, 4.69) is 21.3 Å². The highest BCUT2D eigenvalue weighted by Crippen LogP contribution is 2.22. The van der Waals surface area contributed by atoms with Crippen LogP contribution in [0, 0.1) is 6.92 Å². The van der Waals surface area contributed by atoms with Gasteiger partial charge in [-0.3, -0.25) is 14.7 Å². The van der Waals surface area contributed by atoms with Crippen molar-refractivity contribution < 1.29 is 4.79 Å². The van der Waals surface area contributed by atoms with Gasteiger partial charge in [-0.25, -0.2) is 0 Å².